The lowest BCUT2D eigenvalue weighted by atomic mass is 10.1. The summed E-state index contributed by atoms with van der Waals surface area (Å²) in [6, 6.07) is 7.78. The summed E-state index contributed by atoms with van der Waals surface area (Å²) < 4.78 is 4.91. The molecule has 0 saturated heterocycles. The van der Waals surface area contributed by atoms with Crippen LogP contribution in [0.1, 0.15) is 25.8 Å². The van der Waals surface area contributed by atoms with E-state index in [0.29, 0.717) is 13.0 Å². The van der Waals surface area contributed by atoms with Crippen molar-refractivity contribution in [2.45, 2.75) is 33.2 Å². The third-order valence-corrected chi connectivity index (χ3v) is 3.05. The van der Waals surface area contributed by atoms with E-state index in [0.717, 1.165) is 13.1 Å². The molecule has 0 amide bonds. The van der Waals surface area contributed by atoms with Crippen LogP contribution in [-0.4, -0.2) is 31.7 Å². The van der Waals surface area contributed by atoms with E-state index in [1.807, 2.05) is 6.07 Å². The average molecular weight is 264 g/mol. The van der Waals surface area contributed by atoms with Gasteiger partial charge in [-0.25, -0.2) is 0 Å². The Morgan fingerprint density at radius 2 is 2.16 bits per heavy atom. The van der Waals surface area contributed by atoms with E-state index >= 15 is 0 Å². The normalized spacial score (nSPS) is 12.0. The molecule has 0 fully saturated rings. The van der Waals surface area contributed by atoms with Crippen molar-refractivity contribution < 1.29 is 9.53 Å². The molecule has 1 unspecified atom stereocenters. The molecule has 1 aromatic carbocycles. The summed E-state index contributed by atoms with van der Waals surface area (Å²) in [4.78, 5) is 13.7. The molecule has 4 heteroatoms. The van der Waals surface area contributed by atoms with Crippen molar-refractivity contribution >= 4 is 11.7 Å². The Morgan fingerprint density at radius 1 is 1.42 bits per heavy atom. The predicted octanol–water partition coefficient (Wildman–Crippen LogP) is 2.10. The summed E-state index contributed by atoms with van der Waals surface area (Å²) >= 11 is 0. The van der Waals surface area contributed by atoms with Crippen LogP contribution in [0.4, 0.5) is 5.69 Å². The van der Waals surface area contributed by atoms with E-state index in [2.05, 4.69) is 36.9 Å². The van der Waals surface area contributed by atoms with Crippen molar-refractivity contribution in [2.24, 2.45) is 5.73 Å². The molecular formula is C15H24N2O2. The van der Waals surface area contributed by atoms with Gasteiger partial charge in [0.2, 0.25) is 0 Å². The highest BCUT2D eigenvalue weighted by Crippen LogP contribution is 2.16. The van der Waals surface area contributed by atoms with Crippen molar-refractivity contribution in [3.05, 3.63) is 29.8 Å². The first-order valence-corrected chi connectivity index (χ1v) is 6.82. The van der Waals surface area contributed by atoms with Crippen LogP contribution < -0.4 is 10.6 Å². The Balaban J connectivity index is 2.56. The molecule has 4 nitrogen and oxygen atoms in total. The van der Waals surface area contributed by atoms with Crippen molar-refractivity contribution in [3.8, 4) is 0 Å². The molecule has 0 saturated carbocycles. The fraction of sp³-hybridized carbons (Fsp3) is 0.533. The first-order valence-electron chi connectivity index (χ1n) is 6.82. The summed E-state index contributed by atoms with van der Waals surface area (Å²) in [5, 5.41) is 0. The minimum absolute atomic E-state index is 0.317. The van der Waals surface area contributed by atoms with Gasteiger partial charge in [0.25, 0.3) is 0 Å². The van der Waals surface area contributed by atoms with Gasteiger partial charge in [-0.3, -0.25) is 4.79 Å². The highest BCUT2D eigenvalue weighted by atomic mass is 16.5. The van der Waals surface area contributed by atoms with Crippen molar-refractivity contribution in [1.82, 2.24) is 0 Å². The number of ether oxygens (including phenoxy) is 1. The van der Waals surface area contributed by atoms with Crippen LogP contribution in [-0.2, 0) is 9.53 Å². The van der Waals surface area contributed by atoms with Gasteiger partial charge in [0.05, 0.1) is 6.61 Å². The summed E-state index contributed by atoms with van der Waals surface area (Å²) in [6.07, 6.45) is 0.598. The molecule has 0 spiro atoms. The number of carbonyl (C=O) groups is 1. The summed E-state index contributed by atoms with van der Waals surface area (Å²) in [6.45, 7) is 7.97. The number of carbonyl (C=O) groups excluding carboxylic acids is 1. The Kier molecular flexibility index (Phi) is 6.36. The first-order chi connectivity index (χ1) is 9.08. The highest BCUT2D eigenvalue weighted by molar-refractivity contribution is 5.75. The topological polar surface area (TPSA) is 55.6 Å². The molecule has 0 radical (unpaired) electrons. The van der Waals surface area contributed by atoms with E-state index in [1.165, 1.54) is 11.3 Å². The second-order valence-corrected chi connectivity index (χ2v) is 4.57. The van der Waals surface area contributed by atoms with E-state index in [1.54, 1.807) is 6.92 Å². The molecular weight excluding hydrogens is 240 g/mol. The summed E-state index contributed by atoms with van der Waals surface area (Å²) in [5.41, 5.74) is 8.21. The maximum atomic E-state index is 11.5. The maximum absolute atomic E-state index is 11.5. The lowest BCUT2D eigenvalue weighted by Gasteiger charge is -2.24. The number of nitrogens with zero attached hydrogens (tertiary/aromatic N) is 1. The van der Waals surface area contributed by atoms with Gasteiger partial charge in [0.1, 0.15) is 6.04 Å². The van der Waals surface area contributed by atoms with Gasteiger partial charge in [0.15, 0.2) is 0 Å². The zero-order valence-electron chi connectivity index (χ0n) is 12.1. The van der Waals surface area contributed by atoms with Crippen LogP contribution in [0, 0.1) is 6.92 Å². The highest BCUT2D eigenvalue weighted by Gasteiger charge is 2.15. The second kappa shape index (κ2) is 7.79. The average Bonchev–Trinajstić information content (AvgIpc) is 2.39. The van der Waals surface area contributed by atoms with Crippen LogP contribution in [0.15, 0.2) is 24.3 Å². The lowest BCUT2D eigenvalue weighted by molar-refractivity contribution is -0.144. The van der Waals surface area contributed by atoms with E-state index in [-0.39, 0.29) is 5.97 Å². The number of hydrogen-bond acceptors (Lipinski definition) is 4. The molecule has 106 valence electrons. The molecule has 0 aromatic heterocycles. The van der Waals surface area contributed by atoms with E-state index < -0.39 is 6.04 Å². The first kappa shape index (κ1) is 15.5. The summed E-state index contributed by atoms with van der Waals surface area (Å²) in [5.74, 6) is -0.317. The molecule has 19 heavy (non-hydrogen) atoms. The zero-order valence-corrected chi connectivity index (χ0v) is 12.1. The summed E-state index contributed by atoms with van der Waals surface area (Å²) in [7, 11) is 0. The van der Waals surface area contributed by atoms with Gasteiger partial charge in [-0.2, -0.15) is 0 Å². The minimum Gasteiger partial charge on any atom is -0.465 e. The Labute approximate surface area is 115 Å². The smallest absolute Gasteiger partial charge is 0.322 e. The van der Waals surface area contributed by atoms with Gasteiger partial charge in [-0.15, -0.1) is 0 Å². The van der Waals surface area contributed by atoms with Crippen molar-refractivity contribution in [2.75, 3.05) is 24.6 Å². The number of benzene rings is 1. The number of rotatable bonds is 7. The van der Waals surface area contributed by atoms with Gasteiger partial charge in [0, 0.05) is 18.8 Å². The van der Waals surface area contributed by atoms with Crippen LogP contribution in [0.5, 0.6) is 0 Å². The Hall–Kier alpha value is -1.55. The van der Waals surface area contributed by atoms with Crippen LogP contribution in [0.25, 0.3) is 0 Å². The molecule has 1 rings (SSSR count). The second-order valence-electron chi connectivity index (χ2n) is 4.57. The predicted molar refractivity (Wildman–Crippen MR) is 78.3 cm³/mol. The third kappa shape index (κ3) is 4.91. The SMILES string of the molecule is CCOC(=O)C(N)CCN(CC)c1cccc(C)c1. The molecule has 0 bridgehead atoms. The molecule has 1 aromatic rings. The van der Waals surface area contributed by atoms with Gasteiger partial charge in [-0.05, 0) is 44.9 Å². The number of aryl methyl sites for hydroxylation is 1. The van der Waals surface area contributed by atoms with Crippen molar-refractivity contribution in [1.29, 1.82) is 0 Å². The van der Waals surface area contributed by atoms with Gasteiger partial charge < -0.3 is 15.4 Å². The molecule has 1 atom stereocenters. The van der Waals surface area contributed by atoms with Crippen LogP contribution >= 0.6 is 0 Å². The molecule has 0 aliphatic rings. The quantitative estimate of drug-likeness (QED) is 0.766. The molecule has 0 heterocycles. The third-order valence-electron chi connectivity index (χ3n) is 3.05. The lowest BCUT2D eigenvalue weighted by Crippen LogP contribution is -2.37. The minimum atomic E-state index is -0.543. The van der Waals surface area contributed by atoms with Crippen LogP contribution in [0.3, 0.4) is 0 Å². The molecule has 2 N–H and O–H groups in total. The number of esters is 1. The Bertz CT molecular complexity index is 407. The van der Waals surface area contributed by atoms with Crippen LogP contribution in [0.2, 0.25) is 0 Å². The zero-order chi connectivity index (χ0) is 14.3. The van der Waals surface area contributed by atoms with E-state index in [9.17, 15) is 4.79 Å². The van der Waals surface area contributed by atoms with Crippen molar-refractivity contribution in [3.63, 3.8) is 0 Å². The molecule has 0 aliphatic carbocycles. The Morgan fingerprint density at radius 3 is 2.74 bits per heavy atom. The monoisotopic (exact) mass is 264 g/mol. The fourth-order valence-corrected chi connectivity index (χ4v) is 1.96. The fourth-order valence-electron chi connectivity index (χ4n) is 1.96. The van der Waals surface area contributed by atoms with Gasteiger partial charge >= 0.3 is 5.97 Å². The standard InChI is InChI=1S/C15H24N2O2/c1-4-17(13-8-6-7-12(3)11-13)10-9-14(16)15(18)19-5-2/h6-8,11,14H,4-5,9-10,16H2,1-3H3. The number of anilines is 1. The maximum Gasteiger partial charge on any atom is 0.322 e. The largest absolute Gasteiger partial charge is 0.465 e. The number of hydrogen-bond donors (Lipinski definition) is 1. The van der Waals surface area contributed by atoms with E-state index in [4.69, 9.17) is 10.5 Å². The molecule has 0 aliphatic heterocycles. The number of nitrogens with two attached hydrogens (primary N) is 1. The van der Waals surface area contributed by atoms with Gasteiger partial charge in [-0.1, -0.05) is 12.1 Å².